The smallest absolute Gasteiger partial charge is 0.251 e. The topological polar surface area (TPSA) is 130 Å². The van der Waals surface area contributed by atoms with E-state index in [1.807, 2.05) is 11.0 Å². The molecule has 2 aliphatic heterocycles. The van der Waals surface area contributed by atoms with Gasteiger partial charge < -0.3 is 30.6 Å². The summed E-state index contributed by atoms with van der Waals surface area (Å²) in [6.07, 6.45) is 4.70. The molecule has 0 radical (unpaired) electrons. The Bertz CT molecular complexity index is 1190. The number of fused-ring (bicyclic) bond motifs is 1. The Morgan fingerprint density at radius 3 is 2.62 bits per heavy atom. The monoisotopic (exact) mass is 506 g/mol. The highest BCUT2D eigenvalue weighted by molar-refractivity contribution is 5.95. The van der Waals surface area contributed by atoms with Crippen molar-refractivity contribution in [3.63, 3.8) is 0 Å². The second-order valence-corrected chi connectivity index (χ2v) is 10.1. The van der Waals surface area contributed by atoms with Crippen molar-refractivity contribution in [1.82, 2.24) is 15.2 Å². The first kappa shape index (κ1) is 25.0. The van der Waals surface area contributed by atoms with Crippen molar-refractivity contribution in [2.24, 2.45) is 4.99 Å². The van der Waals surface area contributed by atoms with Crippen molar-refractivity contribution in [2.45, 2.75) is 50.8 Å². The van der Waals surface area contributed by atoms with E-state index < -0.39 is 6.10 Å². The van der Waals surface area contributed by atoms with Gasteiger partial charge in [-0.25, -0.2) is 4.98 Å². The number of hydrogen-bond acceptors (Lipinski definition) is 8. The number of aromatic hydroxyl groups is 1. The molecule has 1 saturated heterocycles. The summed E-state index contributed by atoms with van der Waals surface area (Å²) in [4.78, 5) is 38.0. The molecule has 2 fully saturated rings. The molecule has 10 nitrogen and oxygen atoms in total. The van der Waals surface area contributed by atoms with Crippen molar-refractivity contribution < 1.29 is 19.8 Å². The van der Waals surface area contributed by atoms with Crippen molar-refractivity contribution in [3.8, 4) is 5.75 Å². The fourth-order valence-corrected chi connectivity index (χ4v) is 4.91. The second kappa shape index (κ2) is 10.8. The molecule has 4 N–H and O–H groups in total. The molecule has 37 heavy (non-hydrogen) atoms. The van der Waals surface area contributed by atoms with Gasteiger partial charge in [-0.2, -0.15) is 0 Å². The average molecular weight is 507 g/mol. The van der Waals surface area contributed by atoms with Crippen LogP contribution in [-0.4, -0.2) is 89.0 Å². The molecule has 196 valence electrons. The van der Waals surface area contributed by atoms with E-state index in [0.717, 1.165) is 24.0 Å². The fourth-order valence-electron chi connectivity index (χ4n) is 4.91. The molecule has 1 unspecified atom stereocenters. The summed E-state index contributed by atoms with van der Waals surface area (Å²) in [5.74, 6) is 1.33. The predicted octanol–water partition coefficient (Wildman–Crippen LogP) is 1.55. The number of hydrogen-bond donors (Lipinski definition) is 4. The molecule has 0 spiro atoms. The molecule has 10 heteroatoms. The Kier molecular flexibility index (Phi) is 7.27. The minimum atomic E-state index is -0.851. The summed E-state index contributed by atoms with van der Waals surface area (Å²) in [7, 11) is 0. The Morgan fingerprint density at radius 1 is 1.14 bits per heavy atom. The Labute approximate surface area is 216 Å². The molecule has 2 atom stereocenters. The number of phenolic OH excluding ortho intramolecular Hbond substituents is 1. The number of aliphatic imine (C=N–C) groups is 1. The van der Waals surface area contributed by atoms with E-state index in [2.05, 4.69) is 20.5 Å². The highest BCUT2D eigenvalue weighted by Crippen LogP contribution is 2.26. The summed E-state index contributed by atoms with van der Waals surface area (Å²) in [6.45, 7) is 4.19. The molecule has 5 rings (SSSR count). The normalized spacial score (nSPS) is 20.1. The first-order valence-electron chi connectivity index (χ1n) is 13.0. The third-order valence-electron chi connectivity index (χ3n) is 7.46. The number of aliphatic hydroxyl groups is 1. The number of benzene rings is 1. The molecule has 2 amide bonds. The quantitative estimate of drug-likeness (QED) is 0.448. The first-order valence-corrected chi connectivity index (χ1v) is 13.0. The van der Waals surface area contributed by atoms with Gasteiger partial charge in [0.15, 0.2) is 0 Å². The van der Waals surface area contributed by atoms with Crippen LogP contribution in [0.4, 0.5) is 11.6 Å². The molecular weight excluding hydrogens is 472 g/mol. The van der Waals surface area contributed by atoms with Crippen LogP contribution >= 0.6 is 0 Å². The molecule has 1 aliphatic carbocycles. The number of anilines is 2. The van der Waals surface area contributed by atoms with Crippen LogP contribution in [0.1, 0.15) is 47.7 Å². The van der Waals surface area contributed by atoms with Gasteiger partial charge in [-0.1, -0.05) is 6.07 Å². The van der Waals surface area contributed by atoms with Gasteiger partial charge in [-0.05, 0) is 61.1 Å². The van der Waals surface area contributed by atoms with Crippen LogP contribution in [0.3, 0.4) is 0 Å². The van der Waals surface area contributed by atoms with Crippen LogP contribution in [0.25, 0.3) is 0 Å². The van der Waals surface area contributed by atoms with E-state index in [0.29, 0.717) is 55.8 Å². The summed E-state index contributed by atoms with van der Waals surface area (Å²) in [5.41, 5.74) is 2.31. The van der Waals surface area contributed by atoms with Crippen LogP contribution < -0.4 is 15.5 Å². The Balaban J connectivity index is 1.25. The lowest BCUT2D eigenvalue weighted by atomic mass is 9.93. The summed E-state index contributed by atoms with van der Waals surface area (Å²) in [5, 5.41) is 26.7. The zero-order valence-electron chi connectivity index (χ0n) is 21.1. The van der Waals surface area contributed by atoms with Crippen LogP contribution in [0.5, 0.6) is 5.75 Å². The van der Waals surface area contributed by atoms with Crippen LogP contribution in [0.2, 0.25) is 0 Å². The number of nitrogens with zero attached hydrogens (tertiary/aromatic N) is 4. The van der Waals surface area contributed by atoms with Crippen molar-refractivity contribution in [1.29, 1.82) is 0 Å². The van der Waals surface area contributed by atoms with Crippen molar-refractivity contribution >= 4 is 29.7 Å². The standard InChI is InChI=1S/C27H34N6O4/c1-17(34)32-7-9-33(10-8-32)26-14-19(13-25(31-26)30-21-3-2-4-21)27(37)29-16-24(36)23-12-18-5-6-22(35)11-20(18)15-28-23/h5-6,11,13-15,21,23-24,35-36H,2-4,7-10,12,16H2,1H3,(H,29,37)(H,30,31)/t23?,24-/m1/s1. The zero-order valence-corrected chi connectivity index (χ0v) is 21.1. The lowest BCUT2D eigenvalue weighted by Gasteiger charge is -2.35. The SMILES string of the molecule is CC(=O)N1CCN(c2cc(C(=O)NC[C@@H](O)C3Cc4ccc(O)cc4C=N3)cc(NC3CCC3)n2)CC1. The highest BCUT2D eigenvalue weighted by Gasteiger charge is 2.25. The predicted molar refractivity (Wildman–Crippen MR) is 141 cm³/mol. The maximum absolute atomic E-state index is 13.2. The molecule has 3 aliphatic rings. The molecule has 0 bridgehead atoms. The van der Waals surface area contributed by atoms with Gasteiger partial charge in [0.1, 0.15) is 17.4 Å². The average Bonchev–Trinajstić information content (AvgIpc) is 2.88. The van der Waals surface area contributed by atoms with Gasteiger partial charge >= 0.3 is 0 Å². The molecule has 2 aromatic rings. The number of aromatic nitrogens is 1. The highest BCUT2D eigenvalue weighted by atomic mass is 16.3. The van der Waals surface area contributed by atoms with E-state index in [9.17, 15) is 19.8 Å². The van der Waals surface area contributed by atoms with Gasteiger partial charge in [0.2, 0.25) is 5.91 Å². The third kappa shape index (κ3) is 5.85. The minimum absolute atomic E-state index is 0.0641. The van der Waals surface area contributed by atoms with Gasteiger partial charge in [-0.3, -0.25) is 14.6 Å². The number of nitrogens with one attached hydrogen (secondary N) is 2. The third-order valence-corrected chi connectivity index (χ3v) is 7.46. The lowest BCUT2D eigenvalue weighted by molar-refractivity contribution is -0.129. The molecule has 1 aromatic carbocycles. The first-order chi connectivity index (χ1) is 17.9. The maximum Gasteiger partial charge on any atom is 0.251 e. The number of carbonyl (C=O) groups is 2. The number of carbonyl (C=O) groups excluding carboxylic acids is 2. The van der Waals surface area contributed by atoms with E-state index in [1.54, 1.807) is 37.4 Å². The van der Waals surface area contributed by atoms with E-state index in [4.69, 9.17) is 4.98 Å². The number of piperazine rings is 1. The van der Waals surface area contributed by atoms with Crippen LogP contribution in [0.15, 0.2) is 35.3 Å². The van der Waals surface area contributed by atoms with Gasteiger partial charge in [-0.15, -0.1) is 0 Å². The van der Waals surface area contributed by atoms with Gasteiger partial charge in [0.05, 0.1) is 12.1 Å². The van der Waals surface area contributed by atoms with Crippen LogP contribution in [-0.2, 0) is 11.2 Å². The van der Waals surface area contributed by atoms with Gasteiger partial charge in [0, 0.05) is 57.5 Å². The zero-order chi connectivity index (χ0) is 25.9. The number of pyridine rings is 1. The number of phenols is 1. The van der Waals surface area contributed by atoms with Crippen molar-refractivity contribution in [3.05, 3.63) is 47.0 Å². The van der Waals surface area contributed by atoms with E-state index >= 15 is 0 Å². The van der Waals surface area contributed by atoms with Crippen molar-refractivity contribution in [2.75, 3.05) is 42.9 Å². The lowest BCUT2D eigenvalue weighted by Crippen LogP contribution is -2.48. The molecule has 3 heterocycles. The summed E-state index contributed by atoms with van der Waals surface area (Å²) in [6, 6.07) is 8.64. The summed E-state index contributed by atoms with van der Waals surface area (Å²) >= 11 is 0. The number of aliphatic hydroxyl groups excluding tert-OH is 1. The largest absolute Gasteiger partial charge is 0.508 e. The second-order valence-electron chi connectivity index (χ2n) is 10.1. The van der Waals surface area contributed by atoms with E-state index in [1.165, 1.54) is 6.42 Å². The maximum atomic E-state index is 13.2. The number of rotatable bonds is 7. The van der Waals surface area contributed by atoms with Crippen LogP contribution in [0, 0.1) is 0 Å². The fraction of sp³-hybridized carbons (Fsp3) is 0.481. The molecule has 1 aromatic heterocycles. The minimum Gasteiger partial charge on any atom is -0.508 e. The van der Waals surface area contributed by atoms with E-state index in [-0.39, 0.29) is 30.2 Å². The van der Waals surface area contributed by atoms with Gasteiger partial charge in [0.25, 0.3) is 5.91 Å². The molecular formula is C27H34N6O4. The summed E-state index contributed by atoms with van der Waals surface area (Å²) < 4.78 is 0. The Morgan fingerprint density at radius 2 is 1.92 bits per heavy atom. The molecule has 1 saturated carbocycles. The number of amides is 2. The Hall–Kier alpha value is -3.66.